The Morgan fingerprint density at radius 3 is 2.32 bits per heavy atom. The number of carbonyl (C=O) groups excluding carboxylic acids is 2. The Labute approximate surface area is 182 Å². The summed E-state index contributed by atoms with van der Waals surface area (Å²) in [6.07, 6.45) is 2.93. The lowest BCUT2D eigenvalue weighted by molar-refractivity contribution is 0.0526. The molecule has 3 rings (SSSR count). The van der Waals surface area contributed by atoms with Crippen LogP contribution in [0, 0.1) is 0 Å². The molecular weight excluding hydrogens is 420 g/mol. The van der Waals surface area contributed by atoms with Crippen molar-refractivity contribution in [2.45, 2.75) is 31.1 Å². The number of hydrogen-bond donors (Lipinski definition) is 1. The van der Waals surface area contributed by atoms with Gasteiger partial charge in [0, 0.05) is 18.8 Å². The second-order valence-corrected chi connectivity index (χ2v) is 8.80. The zero-order valence-corrected chi connectivity index (χ0v) is 18.4. The minimum atomic E-state index is -3.96. The molecule has 1 N–H and O–H groups in total. The normalized spacial score (nSPS) is 14.1. The molecule has 1 fully saturated rings. The quantitative estimate of drug-likeness (QED) is 0.655. The molecule has 2 aromatic rings. The Hall–Kier alpha value is -3.07. The monoisotopic (exact) mass is 446 g/mol. The van der Waals surface area contributed by atoms with Crippen LogP contribution >= 0.6 is 0 Å². The van der Waals surface area contributed by atoms with Gasteiger partial charge < -0.3 is 14.4 Å². The average Bonchev–Trinajstić information content (AvgIpc) is 2.79. The van der Waals surface area contributed by atoms with E-state index < -0.39 is 16.0 Å². The highest BCUT2D eigenvalue weighted by molar-refractivity contribution is 7.92. The fourth-order valence-electron chi connectivity index (χ4n) is 3.39. The van der Waals surface area contributed by atoms with Gasteiger partial charge in [0.15, 0.2) is 0 Å². The fourth-order valence-corrected chi connectivity index (χ4v) is 4.48. The SMILES string of the molecule is CCOC(=O)c1ccc(NS(=O)(=O)c2ccc(OC)c(C(=O)N3CCCCC3)c2)cc1. The number of piperidine rings is 1. The molecule has 1 heterocycles. The van der Waals surface area contributed by atoms with Crippen LogP contribution in [0.5, 0.6) is 5.75 Å². The van der Waals surface area contributed by atoms with E-state index >= 15 is 0 Å². The molecule has 8 nitrogen and oxygen atoms in total. The van der Waals surface area contributed by atoms with Crippen molar-refractivity contribution in [1.82, 2.24) is 4.90 Å². The Bertz CT molecular complexity index is 1040. The van der Waals surface area contributed by atoms with Crippen LogP contribution in [0.25, 0.3) is 0 Å². The molecule has 1 aliphatic rings. The van der Waals surface area contributed by atoms with Crippen LogP contribution in [0.3, 0.4) is 0 Å². The molecule has 1 aliphatic heterocycles. The van der Waals surface area contributed by atoms with Gasteiger partial charge in [-0.15, -0.1) is 0 Å². The summed E-state index contributed by atoms with van der Waals surface area (Å²) in [7, 11) is -2.52. The highest BCUT2D eigenvalue weighted by Crippen LogP contribution is 2.26. The highest BCUT2D eigenvalue weighted by Gasteiger charge is 2.24. The molecule has 0 radical (unpaired) electrons. The van der Waals surface area contributed by atoms with Crippen LogP contribution in [0.2, 0.25) is 0 Å². The van der Waals surface area contributed by atoms with Crippen LogP contribution in [-0.2, 0) is 14.8 Å². The molecule has 0 spiro atoms. The first kappa shape index (κ1) is 22.6. The number of anilines is 1. The number of carbonyl (C=O) groups is 2. The summed E-state index contributed by atoms with van der Waals surface area (Å²) in [5.41, 5.74) is 0.821. The zero-order valence-electron chi connectivity index (χ0n) is 17.6. The largest absolute Gasteiger partial charge is 0.496 e. The number of amides is 1. The van der Waals surface area contributed by atoms with Crippen molar-refractivity contribution in [3.63, 3.8) is 0 Å². The smallest absolute Gasteiger partial charge is 0.338 e. The van der Waals surface area contributed by atoms with E-state index in [2.05, 4.69) is 4.72 Å². The van der Waals surface area contributed by atoms with Crippen LogP contribution in [0.4, 0.5) is 5.69 Å². The van der Waals surface area contributed by atoms with Crippen molar-refractivity contribution in [2.75, 3.05) is 31.5 Å². The lowest BCUT2D eigenvalue weighted by Crippen LogP contribution is -2.35. The Morgan fingerprint density at radius 2 is 1.71 bits per heavy atom. The van der Waals surface area contributed by atoms with Gasteiger partial charge in [0.05, 0.1) is 29.7 Å². The minimum absolute atomic E-state index is 0.0527. The molecule has 166 valence electrons. The van der Waals surface area contributed by atoms with Crippen LogP contribution in [-0.4, -0.2) is 52.0 Å². The zero-order chi connectivity index (χ0) is 22.4. The van der Waals surface area contributed by atoms with E-state index in [1.807, 2.05) is 0 Å². The molecule has 0 unspecified atom stereocenters. The van der Waals surface area contributed by atoms with Gasteiger partial charge in [0.1, 0.15) is 5.75 Å². The topological polar surface area (TPSA) is 102 Å². The maximum Gasteiger partial charge on any atom is 0.338 e. The van der Waals surface area contributed by atoms with Crippen molar-refractivity contribution in [1.29, 1.82) is 0 Å². The maximum absolute atomic E-state index is 13.0. The molecule has 1 amide bonds. The number of methoxy groups -OCH3 is 1. The lowest BCUT2D eigenvalue weighted by atomic mass is 10.1. The first-order chi connectivity index (χ1) is 14.9. The van der Waals surface area contributed by atoms with E-state index in [0.29, 0.717) is 24.4 Å². The second kappa shape index (κ2) is 9.82. The number of hydrogen-bond acceptors (Lipinski definition) is 6. The molecule has 0 saturated carbocycles. The third kappa shape index (κ3) is 5.35. The van der Waals surface area contributed by atoms with E-state index in [1.54, 1.807) is 11.8 Å². The van der Waals surface area contributed by atoms with Gasteiger partial charge in [0.25, 0.3) is 15.9 Å². The Kier molecular flexibility index (Phi) is 7.17. The Balaban J connectivity index is 1.83. The highest BCUT2D eigenvalue weighted by atomic mass is 32.2. The van der Waals surface area contributed by atoms with Gasteiger partial charge in [-0.05, 0) is 68.7 Å². The Morgan fingerprint density at radius 1 is 1.03 bits per heavy atom. The van der Waals surface area contributed by atoms with E-state index in [-0.39, 0.29) is 28.7 Å². The molecule has 1 saturated heterocycles. The van der Waals surface area contributed by atoms with Gasteiger partial charge in [0.2, 0.25) is 0 Å². The molecule has 31 heavy (non-hydrogen) atoms. The van der Waals surface area contributed by atoms with Gasteiger partial charge in [-0.2, -0.15) is 0 Å². The number of rotatable bonds is 7. The number of esters is 1. The van der Waals surface area contributed by atoms with Crippen molar-refractivity contribution in [3.05, 3.63) is 53.6 Å². The van der Waals surface area contributed by atoms with Crippen molar-refractivity contribution < 1.29 is 27.5 Å². The molecule has 0 aliphatic carbocycles. The van der Waals surface area contributed by atoms with Gasteiger partial charge in [-0.3, -0.25) is 9.52 Å². The van der Waals surface area contributed by atoms with Crippen LogP contribution in [0.15, 0.2) is 47.4 Å². The molecule has 0 aromatic heterocycles. The maximum atomic E-state index is 13.0. The summed E-state index contributed by atoms with van der Waals surface area (Å²) in [5, 5.41) is 0. The first-order valence-electron chi connectivity index (χ1n) is 10.1. The molecule has 0 atom stereocenters. The summed E-state index contributed by atoms with van der Waals surface area (Å²) < 4.78 is 38.5. The van der Waals surface area contributed by atoms with Gasteiger partial charge in [-0.25, -0.2) is 13.2 Å². The summed E-state index contributed by atoms with van der Waals surface area (Å²) in [6.45, 7) is 3.25. The minimum Gasteiger partial charge on any atom is -0.496 e. The fraction of sp³-hybridized carbons (Fsp3) is 0.364. The first-order valence-corrected chi connectivity index (χ1v) is 11.6. The molecule has 9 heteroatoms. The number of sulfonamides is 1. The summed E-state index contributed by atoms with van der Waals surface area (Å²) in [4.78, 5) is 26.4. The summed E-state index contributed by atoms with van der Waals surface area (Å²) >= 11 is 0. The predicted molar refractivity (Wildman–Crippen MR) is 116 cm³/mol. The van der Waals surface area contributed by atoms with E-state index in [0.717, 1.165) is 19.3 Å². The second-order valence-electron chi connectivity index (χ2n) is 7.12. The van der Waals surface area contributed by atoms with Crippen molar-refractivity contribution in [2.24, 2.45) is 0 Å². The predicted octanol–water partition coefficient (Wildman–Crippen LogP) is 3.30. The third-order valence-corrected chi connectivity index (χ3v) is 6.38. The number of ether oxygens (including phenoxy) is 2. The molecular formula is C22H26N2O6S. The lowest BCUT2D eigenvalue weighted by Gasteiger charge is -2.27. The van der Waals surface area contributed by atoms with E-state index in [4.69, 9.17) is 9.47 Å². The van der Waals surface area contributed by atoms with Crippen molar-refractivity contribution in [3.8, 4) is 5.75 Å². The summed E-state index contributed by atoms with van der Waals surface area (Å²) in [6, 6.07) is 10.1. The molecule has 0 bridgehead atoms. The number of benzene rings is 2. The standard InChI is InChI=1S/C22H26N2O6S/c1-3-30-22(26)16-7-9-17(10-8-16)23-31(27,28)18-11-12-20(29-2)19(15-18)21(25)24-13-5-4-6-14-24/h7-12,15,23H,3-6,13-14H2,1-2H3. The van der Waals surface area contributed by atoms with Crippen molar-refractivity contribution >= 4 is 27.6 Å². The van der Waals surface area contributed by atoms with Crippen LogP contribution < -0.4 is 9.46 Å². The van der Waals surface area contributed by atoms with Gasteiger partial charge in [-0.1, -0.05) is 0 Å². The number of likely N-dealkylation sites (tertiary alicyclic amines) is 1. The molecule has 2 aromatic carbocycles. The van der Waals surface area contributed by atoms with E-state index in [9.17, 15) is 18.0 Å². The van der Waals surface area contributed by atoms with Crippen LogP contribution in [0.1, 0.15) is 46.9 Å². The third-order valence-electron chi connectivity index (χ3n) is 5.00. The average molecular weight is 447 g/mol. The summed E-state index contributed by atoms with van der Waals surface area (Å²) in [5.74, 6) is -0.395. The number of nitrogens with zero attached hydrogens (tertiary/aromatic N) is 1. The number of nitrogens with one attached hydrogen (secondary N) is 1. The van der Waals surface area contributed by atoms with Gasteiger partial charge >= 0.3 is 5.97 Å². The van der Waals surface area contributed by atoms with E-state index in [1.165, 1.54) is 49.6 Å².